The lowest BCUT2D eigenvalue weighted by molar-refractivity contribution is -0.135. The lowest BCUT2D eigenvalue weighted by Gasteiger charge is -2.15. The smallest absolute Gasteiger partial charge is 0.293 e. The zero-order chi connectivity index (χ0) is 19.3. The van der Waals surface area contributed by atoms with Gasteiger partial charge in [0.05, 0.1) is 0 Å². The number of rotatable bonds is 13. The minimum atomic E-state index is -0.0912. The highest BCUT2D eigenvalue weighted by Crippen LogP contribution is 2.49. The number of carbonyl (C=O) groups excluding carboxylic acids is 1. The van der Waals surface area contributed by atoms with Crippen LogP contribution in [-0.2, 0) is 22.4 Å². The van der Waals surface area contributed by atoms with Crippen molar-refractivity contribution in [1.82, 2.24) is 0 Å². The molecule has 0 unspecified atom stereocenters. The zero-order valence-electron chi connectivity index (χ0n) is 17.7. The molecule has 0 aliphatic heterocycles. The third-order valence-corrected chi connectivity index (χ3v) is 7.12. The number of hydrogen-bond donors (Lipinski definition) is 0. The van der Waals surface area contributed by atoms with Crippen molar-refractivity contribution in [3.63, 3.8) is 0 Å². The Hall–Kier alpha value is -1.31. The standard InChI is InChI=1S/C25H38O2/c1-20-17-22(9-5-4-7-11-24(3)13-14-24)18-23(21(20)2)10-6-8-12-25(15-16-25)27-19-26/h17-19H,4-16H2,1-3H3. The molecule has 0 spiro atoms. The normalized spacial score (nSPS) is 18.9. The lowest BCUT2D eigenvalue weighted by atomic mass is 9.93. The Labute approximate surface area is 166 Å². The Balaban J connectivity index is 1.41. The van der Waals surface area contributed by atoms with Gasteiger partial charge in [-0.15, -0.1) is 0 Å². The number of ether oxygens (including phenoxy) is 1. The Kier molecular flexibility index (Phi) is 6.65. The Bertz CT molecular complexity index is 638. The van der Waals surface area contributed by atoms with E-state index in [-0.39, 0.29) is 5.60 Å². The van der Waals surface area contributed by atoms with Gasteiger partial charge in [-0.1, -0.05) is 31.9 Å². The van der Waals surface area contributed by atoms with E-state index >= 15 is 0 Å². The quantitative estimate of drug-likeness (QED) is 0.288. The van der Waals surface area contributed by atoms with Crippen molar-refractivity contribution in [2.45, 2.75) is 110 Å². The monoisotopic (exact) mass is 370 g/mol. The first-order valence-corrected chi connectivity index (χ1v) is 11.2. The molecule has 0 amide bonds. The molecule has 0 atom stereocenters. The molecule has 1 aromatic carbocycles. The predicted octanol–water partition coefficient (Wildman–Crippen LogP) is 6.62. The van der Waals surface area contributed by atoms with E-state index in [0.717, 1.165) is 32.1 Å². The first kappa shape index (κ1) is 20.4. The Morgan fingerprint density at radius 2 is 1.63 bits per heavy atom. The van der Waals surface area contributed by atoms with Crippen LogP contribution in [0.4, 0.5) is 0 Å². The van der Waals surface area contributed by atoms with Crippen LogP contribution in [0.5, 0.6) is 0 Å². The minimum Gasteiger partial charge on any atom is -0.461 e. The molecular weight excluding hydrogens is 332 g/mol. The topological polar surface area (TPSA) is 26.3 Å². The second-order valence-corrected chi connectivity index (χ2v) is 9.67. The summed E-state index contributed by atoms with van der Waals surface area (Å²) < 4.78 is 5.26. The van der Waals surface area contributed by atoms with E-state index in [1.165, 1.54) is 73.6 Å². The average molecular weight is 371 g/mol. The summed E-state index contributed by atoms with van der Waals surface area (Å²) in [7, 11) is 0. The molecule has 2 fully saturated rings. The molecule has 1 aromatic rings. The van der Waals surface area contributed by atoms with Gasteiger partial charge < -0.3 is 4.74 Å². The highest BCUT2D eigenvalue weighted by atomic mass is 16.5. The average Bonchev–Trinajstić information content (AvgIpc) is 3.55. The molecule has 0 heterocycles. The van der Waals surface area contributed by atoms with Crippen molar-refractivity contribution >= 4 is 6.47 Å². The highest BCUT2D eigenvalue weighted by molar-refractivity contribution is 5.39. The summed E-state index contributed by atoms with van der Waals surface area (Å²) in [6.45, 7) is 7.60. The van der Waals surface area contributed by atoms with Crippen LogP contribution in [0, 0.1) is 19.3 Å². The van der Waals surface area contributed by atoms with Crippen molar-refractivity contribution in [3.8, 4) is 0 Å². The highest BCUT2D eigenvalue weighted by Gasteiger charge is 2.44. The van der Waals surface area contributed by atoms with Gasteiger partial charge in [0.15, 0.2) is 0 Å². The maximum Gasteiger partial charge on any atom is 0.293 e. The van der Waals surface area contributed by atoms with E-state index in [0.29, 0.717) is 11.9 Å². The van der Waals surface area contributed by atoms with Crippen molar-refractivity contribution in [2.75, 3.05) is 0 Å². The summed E-state index contributed by atoms with van der Waals surface area (Å²) in [5, 5.41) is 0. The fraction of sp³-hybridized carbons (Fsp3) is 0.720. The summed E-state index contributed by atoms with van der Waals surface area (Å²) in [5.41, 5.74) is 6.57. The second-order valence-electron chi connectivity index (χ2n) is 9.67. The van der Waals surface area contributed by atoms with Crippen LogP contribution in [0.25, 0.3) is 0 Å². The first-order valence-electron chi connectivity index (χ1n) is 11.2. The molecule has 3 rings (SSSR count). The molecule has 150 valence electrons. The van der Waals surface area contributed by atoms with Gasteiger partial charge in [0, 0.05) is 0 Å². The summed E-state index contributed by atoms with van der Waals surface area (Å²) in [6, 6.07) is 4.86. The van der Waals surface area contributed by atoms with Crippen molar-refractivity contribution in [3.05, 3.63) is 34.4 Å². The number of aryl methyl sites for hydroxylation is 3. The van der Waals surface area contributed by atoms with Crippen LogP contribution >= 0.6 is 0 Å². The summed E-state index contributed by atoms with van der Waals surface area (Å²) in [4.78, 5) is 10.6. The Morgan fingerprint density at radius 3 is 2.30 bits per heavy atom. The van der Waals surface area contributed by atoms with Crippen LogP contribution < -0.4 is 0 Å². The first-order chi connectivity index (χ1) is 13.0. The molecule has 27 heavy (non-hydrogen) atoms. The second kappa shape index (κ2) is 8.80. The third kappa shape index (κ3) is 6.09. The molecule has 2 heteroatoms. The van der Waals surface area contributed by atoms with Gasteiger partial charge >= 0.3 is 0 Å². The SMILES string of the molecule is Cc1cc(CCCCCC2(C)CC2)cc(CCCCC2(OC=O)CC2)c1C. The third-order valence-electron chi connectivity index (χ3n) is 7.12. The molecule has 0 saturated heterocycles. The van der Waals surface area contributed by atoms with E-state index in [4.69, 9.17) is 4.74 Å². The number of carbonyl (C=O) groups is 1. The van der Waals surface area contributed by atoms with Gasteiger partial charge in [-0.3, -0.25) is 4.79 Å². The number of benzene rings is 1. The zero-order valence-corrected chi connectivity index (χ0v) is 17.7. The van der Waals surface area contributed by atoms with Gasteiger partial charge in [0.2, 0.25) is 0 Å². The molecular formula is C25H38O2. The molecule has 2 nitrogen and oxygen atoms in total. The number of hydrogen-bond acceptors (Lipinski definition) is 2. The summed E-state index contributed by atoms with van der Waals surface area (Å²) in [6.07, 6.45) is 16.3. The maximum absolute atomic E-state index is 10.6. The number of unbranched alkanes of at least 4 members (excludes halogenated alkanes) is 3. The summed E-state index contributed by atoms with van der Waals surface area (Å²) in [5.74, 6) is 0. The fourth-order valence-electron chi connectivity index (χ4n) is 4.37. The van der Waals surface area contributed by atoms with Gasteiger partial charge in [-0.25, -0.2) is 0 Å². The molecule has 0 bridgehead atoms. The molecule has 0 N–H and O–H groups in total. The van der Waals surface area contributed by atoms with Crippen molar-refractivity contribution in [1.29, 1.82) is 0 Å². The van der Waals surface area contributed by atoms with Gasteiger partial charge in [-0.2, -0.15) is 0 Å². The van der Waals surface area contributed by atoms with E-state index in [1.807, 2.05) is 0 Å². The van der Waals surface area contributed by atoms with Crippen LogP contribution in [0.15, 0.2) is 12.1 Å². The van der Waals surface area contributed by atoms with Crippen LogP contribution in [0.1, 0.15) is 99.8 Å². The van der Waals surface area contributed by atoms with Gasteiger partial charge in [0.1, 0.15) is 5.60 Å². The van der Waals surface area contributed by atoms with Crippen molar-refractivity contribution in [2.24, 2.45) is 5.41 Å². The maximum atomic E-state index is 10.6. The largest absolute Gasteiger partial charge is 0.461 e. The molecule has 0 radical (unpaired) electrons. The van der Waals surface area contributed by atoms with E-state index in [1.54, 1.807) is 0 Å². The molecule has 2 saturated carbocycles. The van der Waals surface area contributed by atoms with Crippen LogP contribution in [-0.4, -0.2) is 12.1 Å². The van der Waals surface area contributed by atoms with E-state index in [9.17, 15) is 4.79 Å². The molecule has 2 aliphatic carbocycles. The van der Waals surface area contributed by atoms with E-state index in [2.05, 4.69) is 32.9 Å². The van der Waals surface area contributed by atoms with E-state index < -0.39 is 0 Å². The van der Waals surface area contributed by atoms with Gasteiger partial charge in [-0.05, 0) is 112 Å². The van der Waals surface area contributed by atoms with Crippen LogP contribution in [0.2, 0.25) is 0 Å². The Morgan fingerprint density at radius 1 is 0.926 bits per heavy atom. The van der Waals surface area contributed by atoms with Crippen molar-refractivity contribution < 1.29 is 9.53 Å². The van der Waals surface area contributed by atoms with Crippen LogP contribution in [0.3, 0.4) is 0 Å². The minimum absolute atomic E-state index is 0.0912. The summed E-state index contributed by atoms with van der Waals surface area (Å²) >= 11 is 0. The fourth-order valence-corrected chi connectivity index (χ4v) is 4.37. The predicted molar refractivity (Wildman–Crippen MR) is 112 cm³/mol. The molecule has 0 aromatic heterocycles. The molecule has 2 aliphatic rings. The van der Waals surface area contributed by atoms with Gasteiger partial charge in [0.25, 0.3) is 6.47 Å². The lowest BCUT2D eigenvalue weighted by Crippen LogP contribution is -2.12.